The Labute approximate surface area is 151 Å². The first-order chi connectivity index (χ1) is 12.1. The lowest BCUT2D eigenvalue weighted by molar-refractivity contribution is -0.117. The summed E-state index contributed by atoms with van der Waals surface area (Å²) in [6.45, 7) is 2.81. The molecule has 0 aliphatic carbocycles. The molecule has 0 radical (unpaired) electrons. The number of fused-ring (bicyclic) bond motifs is 1. The highest BCUT2D eigenvalue weighted by Crippen LogP contribution is 2.34. The molecule has 1 N–H and O–H groups in total. The van der Waals surface area contributed by atoms with E-state index in [1.165, 1.54) is 7.11 Å². The number of hydrogen-bond donors (Lipinski definition) is 1. The average Bonchev–Trinajstić information content (AvgIpc) is 2.65. The molecule has 0 saturated carbocycles. The first-order valence-corrected chi connectivity index (χ1v) is 9.03. The molecule has 1 aliphatic rings. The fourth-order valence-electron chi connectivity index (χ4n) is 2.80. The van der Waals surface area contributed by atoms with Crippen molar-refractivity contribution in [3.8, 4) is 0 Å². The average molecular weight is 356 g/mol. The molecule has 130 valence electrons. The molecular weight excluding hydrogens is 336 g/mol. The van der Waals surface area contributed by atoms with Crippen LogP contribution in [0.5, 0.6) is 0 Å². The van der Waals surface area contributed by atoms with E-state index in [0.717, 1.165) is 27.6 Å². The molecule has 25 heavy (non-hydrogen) atoms. The van der Waals surface area contributed by atoms with Crippen LogP contribution in [0, 0.1) is 6.92 Å². The number of rotatable bonds is 4. The first kappa shape index (κ1) is 17.4. The van der Waals surface area contributed by atoms with E-state index in [2.05, 4.69) is 5.32 Å². The highest BCUT2D eigenvalue weighted by molar-refractivity contribution is 7.99. The number of esters is 1. The van der Waals surface area contributed by atoms with Gasteiger partial charge in [0.2, 0.25) is 5.91 Å². The highest BCUT2D eigenvalue weighted by atomic mass is 32.2. The number of para-hydroxylation sites is 1. The van der Waals surface area contributed by atoms with Crippen molar-refractivity contribution in [1.82, 2.24) is 0 Å². The molecule has 0 spiro atoms. The standard InChI is InChI=1S/C19H20N2O3S/c1-13-11-14(19(23)24-2)7-8-15(13)20-12-18(22)21-9-10-25-17-6-4-3-5-16(17)21/h3-8,11,20H,9-10,12H2,1-2H3. The molecule has 0 aromatic heterocycles. The van der Waals surface area contributed by atoms with Gasteiger partial charge >= 0.3 is 5.97 Å². The number of thioether (sulfide) groups is 1. The number of benzene rings is 2. The third kappa shape index (κ3) is 3.79. The van der Waals surface area contributed by atoms with Crippen molar-refractivity contribution in [3.05, 3.63) is 53.6 Å². The van der Waals surface area contributed by atoms with Gasteiger partial charge in [-0.05, 0) is 42.8 Å². The molecule has 1 aliphatic heterocycles. The van der Waals surface area contributed by atoms with Crippen LogP contribution in [0.4, 0.5) is 11.4 Å². The number of aryl methyl sites for hydroxylation is 1. The van der Waals surface area contributed by atoms with Gasteiger partial charge in [0.05, 0.1) is 24.9 Å². The Balaban J connectivity index is 1.68. The number of hydrogen-bond acceptors (Lipinski definition) is 5. The molecule has 1 heterocycles. The second-order valence-electron chi connectivity index (χ2n) is 5.74. The summed E-state index contributed by atoms with van der Waals surface area (Å²) in [4.78, 5) is 27.2. The minimum absolute atomic E-state index is 0.0317. The molecule has 0 bridgehead atoms. The maximum atomic E-state index is 12.6. The van der Waals surface area contributed by atoms with Gasteiger partial charge < -0.3 is 15.0 Å². The summed E-state index contributed by atoms with van der Waals surface area (Å²) in [7, 11) is 1.36. The van der Waals surface area contributed by atoms with Crippen LogP contribution in [0.15, 0.2) is 47.4 Å². The Bertz CT molecular complexity index is 807. The molecule has 2 aromatic rings. The van der Waals surface area contributed by atoms with Gasteiger partial charge in [0.15, 0.2) is 0 Å². The molecule has 0 saturated heterocycles. The summed E-state index contributed by atoms with van der Waals surface area (Å²) in [6.07, 6.45) is 0. The summed E-state index contributed by atoms with van der Waals surface area (Å²) in [6, 6.07) is 13.2. The van der Waals surface area contributed by atoms with E-state index in [1.807, 2.05) is 36.1 Å². The van der Waals surface area contributed by atoms with E-state index >= 15 is 0 Å². The van der Waals surface area contributed by atoms with Gasteiger partial charge in [-0.3, -0.25) is 4.79 Å². The van der Waals surface area contributed by atoms with Gasteiger partial charge in [0.25, 0.3) is 0 Å². The van der Waals surface area contributed by atoms with E-state index in [4.69, 9.17) is 4.74 Å². The van der Waals surface area contributed by atoms with E-state index in [-0.39, 0.29) is 18.4 Å². The fourth-order valence-corrected chi connectivity index (χ4v) is 3.80. The van der Waals surface area contributed by atoms with Crippen molar-refractivity contribution < 1.29 is 14.3 Å². The van der Waals surface area contributed by atoms with Gasteiger partial charge in [-0.15, -0.1) is 11.8 Å². The molecule has 0 fully saturated rings. The number of nitrogens with one attached hydrogen (secondary N) is 1. The smallest absolute Gasteiger partial charge is 0.337 e. The molecule has 5 nitrogen and oxygen atoms in total. The van der Waals surface area contributed by atoms with Crippen molar-refractivity contribution in [2.24, 2.45) is 0 Å². The van der Waals surface area contributed by atoms with Crippen molar-refractivity contribution in [3.63, 3.8) is 0 Å². The highest BCUT2D eigenvalue weighted by Gasteiger charge is 2.22. The summed E-state index contributed by atoms with van der Waals surface area (Å²) in [5.41, 5.74) is 3.20. The molecule has 2 aromatic carbocycles. The Kier molecular flexibility index (Phi) is 5.28. The van der Waals surface area contributed by atoms with E-state index in [9.17, 15) is 9.59 Å². The van der Waals surface area contributed by atoms with Crippen molar-refractivity contribution in [2.75, 3.05) is 36.2 Å². The predicted octanol–water partition coefficient (Wildman–Crippen LogP) is 3.33. The number of nitrogens with zero attached hydrogens (tertiary/aromatic N) is 1. The van der Waals surface area contributed by atoms with Crippen LogP contribution in [0.2, 0.25) is 0 Å². The maximum Gasteiger partial charge on any atom is 0.337 e. The lowest BCUT2D eigenvalue weighted by atomic mass is 10.1. The molecule has 0 unspecified atom stereocenters. The van der Waals surface area contributed by atoms with Crippen LogP contribution in [-0.2, 0) is 9.53 Å². The maximum absolute atomic E-state index is 12.6. The van der Waals surface area contributed by atoms with Crippen molar-refractivity contribution in [2.45, 2.75) is 11.8 Å². The van der Waals surface area contributed by atoms with Crippen molar-refractivity contribution in [1.29, 1.82) is 0 Å². The monoisotopic (exact) mass is 356 g/mol. The van der Waals surface area contributed by atoms with Crippen molar-refractivity contribution >= 4 is 35.0 Å². The zero-order chi connectivity index (χ0) is 17.8. The van der Waals surface area contributed by atoms with E-state index in [1.54, 1.807) is 30.0 Å². The second kappa shape index (κ2) is 7.61. The molecule has 3 rings (SSSR count). The SMILES string of the molecule is COC(=O)c1ccc(NCC(=O)N2CCSc3ccccc32)c(C)c1. The van der Waals surface area contributed by atoms with Crippen LogP contribution in [-0.4, -0.2) is 37.8 Å². The minimum atomic E-state index is -0.367. The van der Waals surface area contributed by atoms with Gasteiger partial charge in [-0.25, -0.2) is 4.79 Å². The van der Waals surface area contributed by atoms with Gasteiger partial charge in [-0.2, -0.15) is 0 Å². The normalized spacial score (nSPS) is 13.1. The van der Waals surface area contributed by atoms with Gasteiger partial charge in [0.1, 0.15) is 0 Å². The topological polar surface area (TPSA) is 58.6 Å². The predicted molar refractivity (Wildman–Crippen MR) is 101 cm³/mol. The zero-order valence-corrected chi connectivity index (χ0v) is 15.1. The summed E-state index contributed by atoms with van der Waals surface area (Å²) < 4.78 is 4.72. The number of ether oxygens (including phenoxy) is 1. The fraction of sp³-hybridized carbons (Fsp3) is 0.263. The van der Waals surface area contributed by atoms with Gasteiger partial charge in [-0.1, -0.05) is 12.1 Å². The first-order valence-electron chi connectivity index (χ1n) is 8.05. The summed E-state index contributed by atoms with van der Waals surface area (Å²) >= 11 is 1.78. The number of carbonyl (C=O) groups excluding carboxylic acids is 2. The Morgan fingerprint density at radius 1 is 1.24 bits per heavy atom. The largest absolute Gasteiger partial charge is 0.465 e. The van der Waals surface area contributed by atoms with Crippen LogP contribution in [0.1, 0.15) is 15.9 Å². The Morgan fingerprint density at radius 3 is 2.80 bits per heavy atom. The lowest BCUT2D eigenvalue weighted by Crippen LogP contribution is -2.39. The molecule has 0 atom stereocenters. The summed E-state index contributed by atoms with van der Waals surface area (Å²) in [5.74, 6) is 0.563. The van der Waals surface area contributed by atoms with Crippen LogP contribution in [0.25, 0.3) is 0 Å². The number of amides is 1. The third-order valence-electron chi connectivity index (χ3n) is 4.11. The lowest BCUT2D eigenvalue weighted by Gasteiger charge is -2.29. The third-order valence-corrected chi connectivity index (χ3v) is 5.15. The van der Waals surface area contributed by atoms with Crippen LogP contribution in [0.3, 0.4) is 0 Å². The van der Waals surface area contributed by atoms with E-state index in [0.29, 0.717) is 12.1 Å². The van der Waals surface area contributed by atoms with Crippen LogP contribution < -0.4 is 10.2 Å². The number of anilines is 2. The number of carbonyl (C=O) groups is 2. The molecular formula is C19H20N2O3S. The molecule has 6 heteroatoms. The van der Waals surface area contributed by atoms with E-state index < -0.39 is 0 Å². The Morgan fingerprint density at radius 2 is 2.04 bits per heavy atom. The number of methoxy groups -OCH3 is 1. The Hall–Kier alpha value is -2.47. The summed E-state index contributed by atoms with van der Waals surface area (Å²) in [5, 5.41) is 3.17. The zero-order valence-electron chi connectivity index (χ0n) is 14.2. The minimum Gasteiger partial charge on any atom is -0.465 e. The molecule has 1 amide bonds. The quantitative estimate of drug-likeness (QED) is 0.852. The van der Waals surface area contributed by atoms with Crippen LogP contribution >= 0.6 is 11.8 Å². The van der Waals surface area contributed by atoms with Gasteiger partial charge in [0, 0.05) is 22.9 Å². The second-order valence-corrected chi connectivity index (χ2v) is 6.87.